The van der Waals surface area contributed by atoms with E-state index in [-0.39, 0.29) is 11.9 Å². The van der Waals surface area contributed by atoms with Crippen LogP contribution in [0.3, 0.4) is 0 Å². The summed E-state index contributed by atoms with van der Waals surface area (Å²) in [6.45, 7) is 8.17. The van der Waals surface area contributed by atoms with Gasteiger partial charge < -0.3 is 14.2 Å². The van der Waals surface area contributed by atoms with Gasteiger partial charge in [-0.2, -0.15) is 0 Å². The van der Waals surface area contributed by atoms with Gasteiger partial charge in [0.2, 0.25) is 5.91 Å². The molecule has 1 saturated heterocycles. The van der Waals surface area contributed by atoms with Gasteiger partial charge in [0.15, 0.2) is 0 Å². The fourth-order valence-corrected chi connectivity index (χ4v) is 4.39. The Bertz CT molecular complexity index is 1000. The Morgan fingerprint density at radius 2 is 1.90 bits per heavy atom. The van der Waals surface area contributed by atoms with Crippen LogP contribution in [0.25, 0.3) is 11.0 Å². The lowest BCUT2D eigenvalue weighted by Crippen LogP contribution is -2.31. The minimum absolute atomic E-state index is 0.0510. The molecular formula is C24H29N3O2. The number of carbonyl (C=O) groups is 1. The largest absolute Gasteiger partial charge is 0.491 e. The maximum absolute atomic E-state index is 12.5. The Morgan fingerprint density at radius 1 is 1.14 bits per heavy atom. The van der Waals surface area contributed by atoms with Gasteiger partial charge in [0, 0.05) is 13.0 Å². The number of fused-ring (bicyclic) bond motifs is 1. The summed E-state index contributed by atoms with van der Waals surface area (Å²) in [5, 5.41) is 0. The molecule has 1 fully saturated rings. The first-order valence-corrected chi connectivity index (χ1v) is 10.5. The van der Waals surface area contributed by atoms with Gasteiger partial charge in [-0.15, -0.1) is 0 Å². The van der Waals surface area contributed by atoms with Crippen molar-refractivity contribution in [2.45, 2.75) is 52.6 Å². The quantitative estimate of drug-likeness (QED) is 0.606. The fraction of sp³-hybridized carbons (Fsp3) is 0.417. The van der Waals surface area contributed by atoms with Gasteiger partial charge in [0.1, 0.15) is 18.2 Å². The van der Waals surface area contributed by atoms with Crippen LogP contribution in [0.4, 0.5) is 0 Å². The topological polar surface area (TPSA) is 47.4 Å². The highest BCUT2D eigenvalue weighted by Crippen LogP contribution is 2.34. The highest BCUT2D eigenvalue weighted by atomic mass is 16.5. The van der Waals surface area contributed by atoms with E-state index in [4.69, 9.17) is 9.72 Å². The molecule has 2 aromatic carbocycles. The van der Waals surface area contributed by atoms with E-state index in [1.54, 1.807) is 0 Å². The third kappa shape index (κ3) is 3.74. The van der Waals surface area contributed by atoms with Gasteiger partial charge in [-0.25, -0.2) is 4.98 Å². The van der Waals surface area contributed by atoms with Crippen molar-refractivity contribution in [2.24, 2.45) is 0 Å². The summed E-state index contributed by atoms with van der Waals surface area (Å²) in [6.07, 6.45) is 2.53. The van der Waals surface area contributed by atoms with Crippen LogP contribution in [0, 0.1) is 13.8 Å². The van der Waals surface area contributed by atoms with Gasteiger partial charge >= 0.3 is 0 Å². The number of benzene rings is 2. The molecule has 5 heteroatoms. The van der Waals surface area contributed by atoms with Crippen LogP contribution in [0.2, 0.25) is 0 Å². The van der Waals surface area contributed by atoms with Crippen molar-refractivity contribution in [1.29, 1.82) is 0 Å². The number of likely N-dealkylation sites (tertiary alicyclic amines) is 1. The molecule has 0 spiro atoms. The molecule has 29 heavy (non-hydrogen) atoms. The highest BCUT2D eigenvalue weighted by Gasteiger charge is 2.32. The Labute approximate surface area is 172 Å². The molecular weight excluding hydrogens is 362 g/mol. The summed E-state index contributed by atoms with van der Waals surface area (Å²) in [7, 11) is 0. The molecule has 1 aliphatic heterocycles. The zero-order valence-corrected chi connectivity index (χ0v) is 17.5. The molecule has 0 saturated carbocycles. The number of rotatable bonds is 6. The average molecular weight is 392 g/mol. The van der Waals surface area contributed by atoms with Gasteiger partial charge in [-0.3, -0.25) is 4.79 Å². The molecule has 0 bridgehead atoms. The van der Waals surface area contributed by atoms with Gasteiger partial charge in [-0.1, -0.05) is 37.3 Å². The average Bonchev–Trinajstić information content (AvgIpc) is 3.34. The Morgan fingerprint density at radius 3 is 2.66 bits per heavy atom. The van der Waals surface area contributed by atoms with E-state index in [0.717, 1.165) is 53.1 Å². The number of hydrogen-bond donors (Lipinski definition) is 0. The SMILES string of the molecule is CCC(=O)N1CCC[C@@H]1c1nc2ccccc2n1CCOc1c(C)cccc1C. The van der Waals surface area contributed by atoms with Crippen molar-refractivity contribution in [1.82, 2.24) is 14.5 Å². The number of hydrogen-bond acceptors (Lipinski definition) is 3. The Hall–Kier alpha value is -2.82. The molecule has 4 rings (SSSR count). The summed E-state index contributed by atoms with van der Waals surface area (Å²) < 4.78 is 8.42. The minimum Gasteiger partial charge on any atom is -0.491 e. The first kappa shape index (κ1) is 19.5. The lowest BCUT2D eigenvalue weighted by molar-refractivity contribution is -0.131. The summed E-state index contributed by atoms with van der Waals surface area (Å²) in [4.78, 5) is 19.4. The van der Waals surface area contributed by atoms with Crippen molar-refractivity contribution in [3.05, 3.63) is 59.4 Å². The predicted octanol–water partition coefficient (Wildman–Crippen LogP) is 4.81. The standard InChI is InChI=1S/C24H29N3O2/c1-4-22(28)26-14-8-13-21(26)24-25-19-11-5-6-12-20(19)27(24)15-16-29-23-17(2)9-7-10-18(23)3/h5-7,9-12,21H,4,8,13-16H2,1-3H3/t21-/m1/s1. The monoisotopic (exact) mass is 391 g/mol. The molecule has 2 heterocycles. The van der Waals surface area contributed by atoms with E-state index in [0.29, 0.717) is 19.6 Å². The van der Waals surface area contributed by atoms with E-state index >= 15 is 0 Å². The first-order valence-electron chi connectivity index (χ1n) is 10.5. The van der Waals surface area contributed by atoms with E-state index in [1.165, 1.54) is 0 Å². The molecule has 152 valence electrons. The van der Waals surface area contributed by atoms with Crippen LogP contribution < -0.4 is 4.74 Å². The molecule has 1 aliphatic rings. The van der Waals surface area contributed by atoms with Crippen LogP contribution >= 0.6 is 0 Å². The summed E-state index contributed by atoms with van der Waals surface area (Å²) in [5.41, 5.74) is 4.38. The molecule has 3 aromatic rings. The van der Waals surface area contributed by atoms with Crippen LogP contribution in [0.1, 0.15) is 49.2 Å². The zero-order chi connectivity index (χ0) is 20.4. The zero-order valence-electron chi connectivity index (χ0n) is 17.5. The molecule has 5 nitrogen and oxygen atoms in total. The molecule has 0 N–H and O–H groups in total. The van der Waals surface area contributed by atoms with E-state index in [1.807, 2.05) is 30.0 Å². The van der Waals surface area contributed by atoms with Gasteiger partial charge in [0.25, 0.3) is 0 Å². The number of para-hydroxylation sites is 3. The van der Waals surface area contributed by atoms with E-state index in [9.17, 15) is 4.79 Å². The maximum atomic E-state index is 12.5. The maximum Gasteiger partial charge on any atom is 0.222 e. The fourth-order valence-electron chi connectivity index (χ4n) is 4.39. The minimum atomic E-state index is 0.0510. The molecule has 0 unspecified atom stereocenters. The second-order valence-electron chi connectivity index (χ2n) is 7.78. The highest BCUT2D eigenvalue weighted by molar-refractivity contribution is 5.78. The number of aromatic nitrogens is 2. The summed E-state index contributed by atoms with van der Waals surface area (Å²) >= 11 is 0. The number of nitrogens with zero attached hydrogens (tertiary/aromatic N) is 3. The van der Waals surface area contributed by atoms with Crippen LogP contribution in [0.15, 0.2) is 42.5 Å². The van der Waals surface area contributed by atoms with Crippen molar-refractivity contribution in [2.75, 3.05) is 13.2 Å². The van der Waals surface area contributed by atoms with Gasteiger partial charge in [-0.05, 0) is 49.9 Å². The van der Waals surface area contributed by atoms with E-state index < -0.39 is 0 Å². The van der Waals surface area contributed by atoms with E-state index in [2.05, 4.69) is 42.7 Å². The second kappa shape index (κ2) is 8.27. The normalized spacial score (nSPS) is 16.5. The van der Waals surface area contributed by atoms with Crippen molar-refractivity contribution < 1.29 is 9.53 Å². The first-order chi connectivity index (χ1) is 14.1. The van der Waals surface area contributed by atoms with Crippen LogP contribution in [-0.4, -0.2) is 33.5 Å². The molecule has 0 aliphatic carbocycles. The number of aryl methyl sites for hydroxylation is 2. The summed E-state index contributed by atoms with van der Waals surface area (Å²) in [5.74, 6) is 2.15. The van der Waals surface area contributed by atoms with Crippen molar-refractivity contribution in [3.8, 4) is 5.75 Å². The Kier molecular flexibility index (Phi) is 5.56. The number of amides is 1. The van der Waals surface area contributed by atoms with Crippen molar-refractivity contribution in [3.63, 3.8) is 0 Å². The van der Waals surface area contributed by atoms with Crippen LogP contribution in [0.5, 0.6) is 5.75 Å². The smallest absolute Gasteiger partial charge is 0.222 e. The number of carbonyl (C=O) groups excluding carboxylic acids is 1. The Balaban J connectivity index is 1.63. The lowest BCUT2D eigenvalue weighted by atomic mass is 10.1. The van der Waals surface area contributed by atoms with Crippen molar-refractivity contribution >= 4 is 16.9 Å². The number of imidazole rings is 1. The lowest BCUT2D eigenvalue weighted by Gasteiger charge is -2.25. The van der Waals surface area contributed by atoms with Gasteiger partial charge in [0.05, 0.1) is 23.6 Å². The third-order valence-electron chi connectivity index (χ3n) is 5.83. The molecule has 1 atom stereocenters. The number of ether oxygens (including phenoxy) is 1. The summed E-state index contributed by atoms with van der Waals surface area (Å²) in [6, 6.07) is 14.5. The molecule has 1 amide bonds. The van der Waals surface area contributed by atoms with Crippen LogP contribution in [-0.2, 0) is 11.3 Å². The molecule has 0 radical (unpaired) electrons. The second-order valence-corrected chi connectivity index (χ2v) is 7.78. The molecule has 1 aromatic heterocycles. The third-order valence-corrected chi connectivity index (χ3v) is 5.83. The predicted molar refractivity (Wildman–Crippen MR) is 115 cm³/mol.